The van der Waals surface area contributed by atoms with Gasteiger partial charge in [0.05, 0.1) is 0 Å². The van der Waals surface area contributed by atoms with Crippen molar-refractivity contribution in [1.29, 1.82) is 0 Å². The second kappa shape index (κ2) is 7.56. The summed E-state index contributed by atoms with van der Waals surface area (Å²) in [5, 5.41) is 14.7. The van der Waals surface area contributed by atoms with E-state index in [4.69, 9.17) is 11.6 Å². The summed E-state index contributed by atoms with van der Waals surface area (Å²) in [4.78, 5) is 23.2. The minimum Gasteiger partial charge on any atom is -0.479 e. The molecule has 21 heavy (non-hydrogen) atoms. The van der Waals surface area contributed by atoms with E-state index in [1.165, 1.54) is 0 Å². The van der Waals surface area contributed by atoms with E-state index in [0.29, 0.717) is 17.1 Å². The Kier molecular flexibility index (Phi) is 6.36. The molecule has 0 aliphatic heterocycles. The Balaban J connectivity index is 2.74. The number of hydrogen-bond donors (Lipinski definition) is 3. The molecular formula is C14H19ClN2O3S. The van der Waals surface area contributed by atoms with Gasteiger partial charge in [0.1, 0.15) is 0 Å². The van der Waals surface area contributed by atoms with Crippen molar-refractivity contribution in [2.45, 2.75) is 24.6 Å². The number of carboxylic acid groups (broad SMARTS) is 1. The molecule has 5 nitrogen and oxygen atoms in total. The van der Waals surface area contributed by atoms with Gasteiger partial charge in [0.2, 0.25) is 0 Å². The van der Waals surface area contributed by atoms with Crippen molar-refractivity contribution in [2.24, 2.45) is 0 Å². The summed E-state index contributed by atoms with van der Waals surface area (Å²) >= 11 is 7.59. The maximum Gasteiger partial charge on any atom is 0.331 e. The zero-order valence-corrected chi connectivity index (χ0v) is 13.7. The maximum absolute atomic E-state index is 11.9. The van der Waals surface area contributed by atoms with Crippen LogP contribution in [0.4, 0.5) is 4.79 Å². The predicted octanol–water partition coefficient (Wildman–Crippen LogP) is 2.91. The molecule has 0 bridgehead atoms. The van der Waals surface area contributed by atoms with Crippen LogP contribution in [0.2, 0.25) is 5.02 Å². The molecule has 0 aromatic heterocycles. The summed E-state index contributed by atoms with van der Waals surface area (Å²) in [7, 11) is 0. The number of carbonyl (C=O) groups excluding carboxylic acids is 1. The van der Waals surface area contributed by atoms with E-state index in [2.05, 4.69) is 10.6 Å². The van der Waals surface area contributed by atoms with Crippen LogP contribution in [0.1, 0.15) is 25.5 Å². The Morgan fingerprint density at radius 3 is 2.52 bits per heavy atom. The average Bonchev–Trinajstić information content (AvgIpc) is 2.43. The maximum atomic E-state index is 11.9. The molecule has 1 rings (SSSR count). The van der Waals surface area contributed by atoms with Gasteiger partial charge >= 0.3 is 12.0 Å². The number of thioether (sulfide) groups is 1. The van der Waals surface area contributed by atoms with E-state index in [0.717, 1.165) is 0 Å². The van der Waals surface area contributed by atoms with E-state index in [1.807, 2.05) is 20.1 Å². The Morgan fingerprint density at radius 2 is 2.00 bits per heavy atom. The van der Waals surface area contributed by atoms with E-state index in [-0.39, 0.29) is 4.75 Å². The molecule has 7 heteroatoms. The van der Waals surface area contributed by atoms with Crippen LogP contribution in [-0.2, 0) is 4.79 Å². The summed E-state index contributed by atoms with van der Waals surface area (Å²) in [6.45, 7) is 4.40. The third kappa shape index (κ3) is 5.47. The van der Waals surface area contributed by atoms with Gasteiger partial charge in [-0.2, -0.15) is 11.8 Å². The molecule has 0 heterocycles. The SMILES string of the molecule is CSC(C)(C)CNC(=O)N[C@@H](C(=O)O)c1ccccc1Cl. The standard InChI is InChI=1S/C14H19ClN2O3S/c1-14(2,21-3)8-16-13(20)17-11(12(18)19)9-6-4-5-7-10(9)15/h4-7,11H,8H2,1-3H3,(H,18,19)(H2,16,17,20)/t11-/m1/s1. The molecule has 0 aliphatic rings. The molecule has 0 saturated heterocycles. The second-order valence-electron chi connectivity index (χ2n) is 5.08. The van der Waals surface area contributed by atoms with E-state index in [9.17, 15) is 14.7 Å². The van der Waals surface area contributed by atoms with E-state index < -0.39 is 18.0 Å². The molecule has 1 aromatic rings. The molecule has 1 atom stereocenters. The van der Waals surface area contributed by atoms with Crippen LogP contribution >= 0.6 is 23.4 Å². The molecule has 3 N–H and O–H groups in total. The van der Waals surface area contributed by atoms with Crippen LogP contribution in [0, 0.1) is 0 Å². The minimum absolute atomic E-state index is 0.125. The second-order valence-corrected chi connectivity index (χ2v) is 7.00. The number of carboxylic acids is 1. The van der Waals surface area contributed by atoms with Crippen LogP contribution in [0.5, 0.6) is 0 Å². The number of aliphatic carboxylic acids is 1. The summed E-state index contributed by atoms with van der Waals surface area (Å²) in [5.41, 5.74) is 0.353. The first-order chi connectivity index (χ1) is 9.76. The number of hydrogen-bond acceptors (Lipinski definition) is 3. The van der Waals surface area contributed by atoms with Gasteiger partial charge in [0, 0.05) is 21.9 Å². The summed E-state index contributed by atoms with van der Waals surface area (Å²) in [6.07, 6.45) is 1.95. The highest BCUT2D eigenvalue weighted by atomic mass is 35.5. The minimum atomic E-state index is -1.18. The summed E-state index contributed by atoms with van der Waals surface area (Å²) in [6, 6.07) is 4.82. The summed E-state index contributed by atoms with van der Waals surface area (Å²) in [5.74, 6) is -1.16. The highest BCUT2D eigenvalue weighted by Gasteiger charge is 2.25. The lowest BCUT2D eigenvalue weighted by Crippen LogP contribution is -2.45. The highest BCUT2D eigenvalue weighted by molar-refractivity contribution is 7.99. The molecular weight excluding hydrogens is 312 g/mol. The van der Waals surface area contributed by atoms with Crippen molar-refractivity contribution >= 4 is 35.4 Å². The number of urea groups is 1. The normalized spacial score (nSPS) is 12.6. The van der Waals surface area contributed by atoms with E-state index in [1.54, 1.807) is 36.0 Å². The Hall–Kier alpha value is -1.40. The fraction of sp³-hybridized carbons (Fsp3) is 0.429. The van der Waals surface area contributed by atoms with Crippen molar-refractivity contribution in [2.75, 3.05) is 12.8 Å². The smallest absolute Gasteiger partial charge is 0.331 e. The van der Waals surface area contributed by atoms with Gasteiger partial charge in [0.15, 0.2) is 6.04 Å². The average molecular weight is 331 g/mol. The number of benzene rings is 1. The van der Waals surface area contributed by atoms with Gasteiger partial charge in [-0.15, -0.1) is 0 Å². The Bertz CT molecular complexity index is 523. The lowest BCUT2D eigenvalue weighted by Gasteiger charge is -2.23. The van der Waals surface area contributed by atoms with Gasteiger partial charge in [-0.3, -0.25) is 0 Å². The molecule has 0 aliphatic carbocycles. The molecule has 2 amide bonds. The van der Waals surface area contributed by atoms with Gasteiger partial charge in [-0.05, 0) is 26.2 Å². The topological polar surface area (TPSA) is 78.4 Å². The fourth-order valence-corrected chi connectivity index (χ4v) is 1.99. The van der Waals surface area contributed by atoms with Crippen molar-refractivity contribution in [1.82, 2.24) is 10.6 Å². The van der Waals surface area contributed by atoms with Crippen molar-refractivity contribution in [3.63, 3.8) is 0 Å². The molecule has 0 unspecified atom stereocenters. The van der Waals surface area contributed by atoms with Gasteiger partial charge in [-0.25, -0.2) is 9.59 Å². The molecule has 1 aromatic carbocycles. The van der Waals surface area contributed by atoms with Crippen LogP contribution in [0.15, 0.2) is 24.3 Å². The Labute approximate surface area is 133 Å². The van der Waals surface area contributed by atoms with Crippen molar-refractivity contribution in [3.8, 4) is 0 Å². The van der Waals surface area contributed by atoms with Crippen LogP contribution in [0.25, 0.3) is 0 Å². The van der Waals surface area contributed by atoms with Crippen molar-refractivity contribution < 1.29 is 14.7 Å². The van der Waals surface area contributed by atoms with E-state index >= 15 is 0 Å². The number of halogens is 1. The number of nitrogens with one attached hydrogen (secondary N) is 2. The van der Waals surface area contributed by atoms with Crippen LogP contribution in [0.3, 0.4) is 0 Å². The van der Waals surface area contributed by atoms with Crippen LogP contribution in [-0.4, -0.2) is 34.7 Å². The largest absolute Gasteiger partial charge is 0.479 e. The quantitative estimate of drug-likeness (QED) is 0.749. The van der Waals surface area contributed by atoms with Gasteiger partial charge in [-0.1, -0.05) is 29.8 Å². The van der Waals surface area contributed by atoms with Crippen molar-refractivity contribution in [3.05, 3.63) is 34.9 Å². The number of rotatable bonds is 6. The first kappa shape index (κ1) is 17.7. The molecule has 0 spiro atoms. The third-order valence-electron chi connectivity index (χ3n) is 2.97. The highest BCUT2D eigenvalue weighted by Crippen LogP contribution is 2.23. The monoisotopic (exact) mass is 330 g/mol. The Morgan fingerprint density at radius 1 is 1.38 bits per heavy atom. The predicted molar refractivity (Wildman–Crippen MR) is 86.0 cm³/mol. The first-order valence-corrected chi connectivity index (χ1v) is 7.94. The molecule has 0 saturated carbocycles. The molecule has 0 fully saturated rings. The van der Waals surface area contributed by atoms with Crippen LogP contribution < -0.4 is 10.6 Å². The fourth-order valence-electron chi connectivity index (χ4n) is 1.53. The molecule has 0 radical (unpaired) electrons. The number of amides is 2. The first-order valence-electron chi connectivity index (χ1n) is 6.33. The third-order valence-corrected chi connectivity index (χ3v) is 4.56. The van der Waals surface area contributed by atoms with Gasteiger partial charge in [0.25, 0.3) is 0 Å². The van der Waals surface area contributed by atoms with Gasteiger partial charge < -0.3 is 15.7 Å². The summed E-state index contributed by atoms with van der Waals surface area (Å²) < 4.78 is -0.125. The number of carbonyl (C=O) groups is 2. The lowest BCUT2D eigenvalue weighted by molar-refractivity contribution is -0.139. The zero-order chi connectivity index (χ0) is 16.0. The zero-order valence-electron chi connectivity index (χ0n) is 12.1. The lowest BCUT2D eigenvalue weighted by atomic mass is 10.1. The molecule has 116 valence electrons.